The molecule has 2 aromatic heterocycles. The predicted molar refractivity (Wildman–Crippen MR) is 106 cm³/mol. The van der Waals surface area contributed by atoms with Gasteiger partial charge in [-0.05, 0) is 24.6 Å². The van der Waals surface area contributed by atoms with E-state index in [0.29, 0.717) is 19.4 Å². The van der Waals surface area contributed by atoms with Crippen molar-refractivity contribution >= 4 is 5.91 Å². The molecule has 0 saturated heterocycles. The van der Waals surface area contributed by atoms with Crippen LogP contribution >= 0.6 is 0 Å². The van der Waals surface area contributed by atoms with Gasteiger partial charge >= 0.3 is 0 Å². The molecule has 4 rings (SSSR count). The number of benzene rings is 1. The number of aryl methyl sites for hydroxylation is 2. The molecule has 0 atom stereocenters. The zero-order chi connectivity index (χ0) is 19.2. The summed E-state index contributed by atoms with van der Waals surface area (Å²) in [4.78, 5) is 16.7. The van der Waals surface area contributed by atoms with Crippen molar-refractivity contribution in [1.29, 1.82) is 0 Å². The third-order valence-electron chi connectivity index (χ3n) is 4.99. The molecule has 1 aromatic carbocycles. The Morgan fingerprint density at radius 1 is 1.25 bits per heavy atom. The average Bonchev–Trinajstić information content (AvgIpc) is 3.26. The Kier molecular flexibility index (Phi) is 5.82. The molecule has 3 aromatic rings. The van der Waals surface area contributed by atoms with Crippen molar-refractivity contribution in [3.05, 3.63) is 71.6 Å². The lowest BCUT2D eigenvalue weighted by Gasteiger charge is -2.09. The summed E-state index contributed by atoms with van der Waals surface area (Å²) in [7, 11) is 0. The molecule has 146 valence electrons. The van der Waals surface area contributed by atoms with Crippen LogP contribution in [0.4, 0.5) is 0 Å². The highest BCUT2D eigenvalue weighted by Gasteiger charge is 2.12. The quantitative estimate of drug-likeness (QED) is 0.658. The molecular weight excluding hydrogens is 352 g/mol. The van der Waals surface area contributed by atoms with Crippen LogP contribution in [-0.2, 0) is 37.4 Å². The smallest absolute Gasteiger partial charge is 0.220 e. The molecular formula is C21H26N6O. The molecule has 0 bridgehead atoms. The maximum absolute atomic E-state index is 12.3. The minimum absolute atomic E-state index is 0.0237. The van der Waals surface area contributed by atoms with Crippen LogP contribution in [0, 0.1) is 0 Å². The van der Waals surface area contributed by atoms with Gasteiger partial charge in [0.25, 0.3) is 0 Å². The topological polar surface area (TPSA) is 76.8 Å². The van der Waals surface area contributed by atoms with Crippen molar-refractivity contribution in [2.75, 3.05) is 6.54 Å². The summed E-state index contributed by atoms with van der Waals surface area (Å²) in [6.45, 7) is 4.01. The van der Waals surface area contributed by atoms with Gasteiger partial charge < -0.3 is 15.2 Å². The third-order valence-corrected chi connectivity index (χ3v) is 4.99. The third kappa shape index (κ3) is 4.67. The highest BCUT2D eigenvalue weighted by Crippen LogP contribution is 2.10. The van der Waals surface area contributed by atoms with Crippen LogP contribution in [0.25, 0.3) is 0 Å². The number of imidazole rings is 1. The van der Waals surface area contributed by atoms with Gasteiger partial charge in [-0.1, -0.05) is 30.3 Å². The van der Waals surface area contributed by atoms with E-state index in [2.05, 4.69) is 48.2 Å². The van der Waals surface area contributed by atoms with Crippen LogP contribution in [0.2, 0.25) is 0 Å². The molecule has 0 unspecified atom stereocenters. The van der Waals surface area contributed by atoms with E-state index in [-0.39, 0.29) is 5.91 Å². The van der Waals surface area contributed by atoms with Crippen molar-refractivity contribution in [2.24, 2.45) is 0 Å². The molecule has 28 heavy (non-hydrogen) atoms. The summed E-state index contributed by atoms with van der Waals surface area (Å²) >= 11 is 0. The first kappa shape index (κ1) is 18.4. The van der Waals surface area contributed by atoms with Gasteiger partial charge in [-0.3, -0.25) is 9.48 Å². The summed E-state index contributed by atoms with van der Waals surface area (Å²) in [6, 6.07) is 12.3. The molecule has 0 saturated carbocycles. The highest BCUT2D eigenvalue weighted by atomic mass is 16.1. The molecule has 1 aliphatic rings. The fourth-order valence-corrected chi connectivity index (χ4v) is 3.48. The summed E-state index contributed by atoms with van der Waals surface area (Å²) in [5, 5.41) is 11.0. The van der Waals surface area contributed by atoms with Gasteiger partial charge in [-0.25, -0.2) is 4.98 Å². The van der Waals surface area contributed by atoms with Crippen LogP contribution in [0.1, 0.15) is 35.6 Å². The van der Waals surface area contributed by atoms with E-state index >= 15 is 0 Å². The SMILES string of the molecule is O=C(CCc1cc2n(n1)CCCNC2)NCc1nccn1Cc1ccccc1. The number of aromatic nitrogens is 4. The number of rotatable bonds is 7. The van der Waals surface area contributed by atoms with Crippen LogP contribution in [0.3, 0.4) is 0 Å². The largest absolute Gasteiger partial charge is 0.349 e. The van der Waals surface area contributed by atoms with Gasteiger partial charge in [0.05, 0.1) is 17.9 Å². The summed E-state index contributed by atoms with van der Waals surface area (Å²) in [5.41, 5.74) is 3.40. The lowest BCUT2D eigenvalue weighted by Crippen LogP contribution is -2.25. The Morgan fingerprint density at radius 2 is 2.14 bits per heavy atom. The number of hydrogen-bond acceptors (Lipinski definition) is 4. The van der Waals surface area contributed by atoms with Crippen LogP contribution in [0.15, 0.2) is 48.8 Å². The normalized spacial score (nSPS) is 13.7. The zero-order valence-electron chi connectivity index (χ0n) is 16.0. The summed E-state index contributed by atoms with van der Waals surface area (Å²) in [6.07, 6.45) is 5.90. The number of nitrogens with one attached hydrogen (secondary N) is 2. The number of amides is 1. The first-order chi connectivity index (χ1) is 13.8. The molecule has 0 fully saturated rings. The van der Waals surface area contributed by atoms with Crippen LogP contribution in [0.5, 0.6) is 0 Å². The standard InChI is InChI=1S/C21H26N6O/c28-21(8-7-18-13-19-14-22-9-4-11-27(19)25-18)24-15-20-23-10-12-26(20)16-17-5-2-1-3-6-17/h1-3,5-6,10,12-13,22H,4,7-9,11,14-16H2,(H,24,28). The molecule has 0 aliphatic carbocycles. The monoisotopic (exact) mass is 378 g/mol. The number of nitrogens with zero attached hydrogens (tertiary/aromatic N) is 4. The van der Waals surface area contributed by atoms with E-state index in [0.717, 1.165) is 44.1 Å². The van der Waals surface area contributed by atoms with Gasteiger partial charge in [0.1, 0.15) is 5.82 Å². The Morgan fingerprint density at radius 3 is 3.04 bits per heavy atom. The van der Waals surface area contributed by atoms with E-state index in [1.54, 1.807) is 6.20 Å². The maximum Gasteiger partial charge on any atom is 0.220 e. The molecule has 0 radical (unpaired) electrons. The second-order valence-electron chi connectivity index (χ2n) is 7.11. The van der Waals surface area contributed by atoms with E-state index in [9.17, 15) is 4.79 Å². The first-order valence-corrected chi connectivity index (χ1v) is 9.85. The predicted octanol–water partition coefficient (Wildman–Crippen LogP) is 1.87. The van der Waals surface area contributed by atoms with Crippen LogP contribution < -0.4 is 10.6 Å². The fourth-order valence-electron chi connectivity index (χ4n) is 3.48. The fraction of sp³-hybridized carbons (Fsp3) is 0.381. The van der Waals surface area contributed by atoms with E-state index in [1.807, 2.05) is 24.4 Å². The Bertz CT molecular complexity index is 891. The van der Waals surface area contributed by atoms with Crippen molar-refractivity contribution in [2.45, 2.75) is 45.4 Å². The van der Waals surface area contributed by atoms with Gasteiger partial charge in [0, 0.05) is 44.9 Å². The molecule has 7 nitrogen and oxygen atoms in total. The Labute approximate surface area is 164 Å². The van der Waals surface area contributed by atoms with Crippen LogP contribution in [-0.4, -0.2) is 31.8 Å². The first-order valence-electron chi connectivity index (χ1n) is 9.85. The molecule has 1 amide bonds. The average molecular weight is 378 g/mol. The van der Waals surface area contributed by atoms with Crippen molar-refractivity contribution in [3.8, 4) is 0 Å². The van der Waals surface area contributed by atoms with Crippen molar-refractivity contribution in [3.63, 3.8) is 0 Å². The summed E-state index contributed by atoms with van der Waals surface area (Å²) in [5.74, 6) is 0.882. The summed E-state index contributed by atoms with van der Waals surface area (Å²) < 4.78 is 4.13. The lowest BCUT2D eigenvalue weighted by molar-refractivity contribution is -0.121. The van der Waals surface area contributed by atoms with E-state index in [4.69, 9.17) is 0 Å². The van der Waals surface area contributed by atoms with Gasteiger partial charge in [-0.15, -0.1) is 0 Å². The molecule has 2 N–H and O–H groups in total. The highest BCUT2D eigenvalue weighted by molar-refractivity contribution is 5.76. The maximum atomic E-state index is 12.3. The minimum Gasteiger partial charge on any atom is -0.349 e. The van der Waals surface area contributed by atoms with Gasteiger partial charge in [0.15, 0.2) is 0 Å². The number of fused-ring (bicyclic) bond motifs is 1. The minimum atomic E-state index is 0.0237. The molecule has 1 aliphatic heterocycles. The lowest BCUT2D eigenvalue weighted by atomic mass is 10.2. The van der Waals surface area contributed by atoms with Gasteiger partial charge in [-0.2, -0.15) is 5.10 Å². The molecule has 3 heterocycles. The number of carbonyl (C=O) groups is 1. The number of carbonyl (C=O) groups excluding carboxylic acids is 1. The van der Waals surface area contributed by atoms with E-state index < -0.39 is 0 Å². The second kappa shape index (κ2) is 8.84. The zero-order valence-corrected chi connectivity index (χ0v) is 16.0. The van der Waals surface area contributed by atoms with Crippen molar-refractivity contribution in [1.82, 2.24) is 30.0 Å². The van der Waals surface area contributed by atoms with E-state index in [1.165, 1.54) is 11.3 Å². The Balaban J connectivity index is 1.27. The van der Waals surface area contributed by atoms with Gasteiger partial charge in [0.2, 0.25) is 5.91 Å². The second-order valence-corrected chi connectivity index (χ2v) is 7.11. The number of hydrogen-bond donors (Lipinski definition) is 2. The molecule has 7 heteroatoms. The van der Waals surface area contributed by atoms with Crippen molar-refractivity contribution < 1.29 is 4.79 Å². The Hall–Kier alpha value is -2.93. The molecule has 0 spiro atoms.